The molecule has 2 fully saturated rings. The number of nitrogens with zero attached hydrogens (tertiary/aromatic N) is 2. The van der Waals surface area contributed by atoms with Gasteiger partial charge in [-0.3, -0.25) is 9.20 Å². The fourth-order valence-electron chi connectivity index (χ4n) is 4.12. The molecule has 1 amide bonds. The number of rotatable bonds is 2. The van der Waals surface area contributed by atoms with Crippen molar-refractivity contribution in [2.75, 3.05) is 0 Å². The predicted molar refractivity (Wildman–Crippen MR) is 79.5 cm³/mol. The number of carbonyl (C=O) groups excluding carboxylic acids is 1. The van der Waals surface area contributed by atoms with Crippen molar-refractivity contribution in [3.05, 3.63) is 35.8 Å². The number of aliphatic hydroxyl groups is 2. The Morgan fingerprint density at radius 3 is 3.00 bits per heavy atom. The molecule has 22 heavy (non-hydrogen) atoms. The lowest BCUT2D eigenvalue weighted by Crippen LogP contribution is -2.56. The summed E-state index contributed by atoms with van der Waals surface area (Å²) in [4.78, 5) is 17.2. The molecule has 4 atom stereocenters. The number of amides is 1. The van der Waals surface area contributed by atoms with E-state index >= 15 is 0 Å². The largest absolute Gasteiger partial charge is 0.390 e. The Kier molecular flexibility index (Phi) is 2.83. The van der Waals surface area contributed by atoms with Crippen LogP contribution in [0.1, 0.15) is 35.4 Å². The van der Waals surface area contributed by atoms with Crippen LogP contribution in [-0.4, -0.2) is 43.3 Å². The molecule has 116 valence electrons. The van der Waals surface area contributed by atoms with Crippen LogP contribution in [0.4, 0.5) is 0 Å². The van der Waals surface area contributed by atoms with Gasteiger partial charge < -0.3 is 15.5 Å². The zero-order valence-corrected chi connectivity index (χ0v) is 12.4. The average Bonchev–Trinajstić information content (AvgIpc) is 3.11. The van der Waals surface area contributed by atoms with Crippen molar-refractivity contribution in [1.29, 1.82) is 0 Å². The highest BCUT2D eigenvalue weighted by Gasteiger charge is 2.58. The highest BCUT2D eigenvalue weighted by Crippen LogP contribution is 2.48. The van der Waals surface area contributed by atoms with Crippen molar-refractivity contribution < 1.29 is 15.0 Å². The summed E-state index contributed by atoms with van der Waals surface area (Å²) in [5.41, 5.74) is 1.16. The fraction of sp³-hybridized carbons (Fsp3) is 0.500. The summed E-state index contributed by atoms with van der Waals surface area (Å²) in [7, 11) is 0. The van der Waals surface area contributed by atoms with E-state index in [1.165, 1.54) is 0 Å². The van der Waals surface area contributed by atoms with Crippen LogP contribution in [0.5, 0.6) is 0 Å². The van der Waals surface area contributed by atoms with E-state index in [0.717, 1.165) is 12.1 Å². The Morgan fingerprint density at radius 2 is 2.27 bits per heavy atom. The molecule has 6 nitrogen and oxygen atoms in total. The van der Waals surface area contributed by atoms with E-state index in [4.69, 9.17) is 0 Å². The third-order valence-electron chi connectivity index (χ3n) is 5.24. The number of pyridine rings is 1. The zero-order valence-electron chi connectivity index (χ0n) is 12.4. The third kappa shape index (κ3) is 1.74. The molecule has 2 saturated carbocycles. The summed E-state index contributed by atoms with van der Waals surface area (Å²) in [6.45, 7) is 1.80. The normalized spacial score (nSPS) is 33.5. The molecular formula is C16H19N3O3. The molecule has 0 aliphatic heterocycles. The van der Waals surface area contributed by atoms with Crippen molar-refractivity contribution in [2.24, 2.45) is 5.92 Å². The van der Waals surface area contributed by atoms with Crippen LogP contribution in [-0.2, 0) is 0 Å². The van der Waals surface area contributed by atoms with Gasteiger partial charge >= 0.3 is 0 Å². The highest BCUT2D eigenvalue weighted by atomic mass is 16.3. The minimum atomic E-state index is -0.894. The molecule has 2 bridgehead atoms. The molecule has 0 saturated heterocycles. The first-order chi connectivity index (χ1) is 10.5. The first-order valence-electron chi connectivity index (χ1n) is 7.64. The van der Waals surface area contributed by atoms with Crippen LogP contribution in [0.15, 0.2) is 24.4 Å². The maximum absolute atomic E-state index is 12.8. The number of nitrogens with one attached hydrogen (secondary N) is 1. The van der Waals surface area contributed by atoms with E-state index in [1.807, 2.05) is 18.2 Å². The second kappa shape index (κ2) is 4.54. The first-order valence-corrected chi connectivity index (χ1v) is 7.64. The highest BCUT2D eigenvalue weighted by molar-refractivity contribution is 5.95. The molecule has 0 aromatic carbocycles. The molecule has 4 rings (SSSR count). The zero-order chi connectivity index (χ0) is 15.5. The Labute approximate surface area is 127 Å². The molecule has 2 unspecified atom stereocenters. The van der Waals surface area contributed by atoms with Gasteiger partial charge in [0.25, 0.3) is 5.91 Å². The third-order valence-corrected chi connectivity index (χ3v) is 5.24. The summed E-state index contributed by atoms with van der Waals surface area (Å²) in [5.74, 6) is -0.163. The van der Waals surface area contributed by atoms with Gasteiger partial charge in [0.05, 0.1) is 17.3 Å². The maximum atomic E-state index is 12.8. The number of carbonyl (C=O) groups is 1. The molecule has 6 heteroatoms. The van der Waals surface area contributed by atoms with E-state index in [9.17, 15) is 15.0 Å². The minimum Gasteiger partial charge on any atom is -0.390 e. The Bertz CT molecular complexity index is 756. The SMILES string of the molecule is Cc1nc2ccccn2c1C(=O)NC12CCC(C1)[C@H](O)[C@@H]2O. The van der Waals surface area contributed by atoms with Crippen molar-refractivity contribution in [1.82, 2.24) is 14.7 Å². The Balaban J connectivity index is 1.69. The van der Waals surface area contributed by atoms with E-state index in [2.05, 4.69) is 10.3 Å². The summed E-state index contributed by atoms with van der Waals surface area (Å²) in [5, 5.41) is 23.3. The molecular weight excluding hydrogens is 282 g/mol. The number of hydrogen-bond acceptors (Lipinski definition) is 4. The predicted octanol–water partition coefficient (Wildman–Crippen LogP) is 0.647. The number of hydrogen-bond donors (Lipinski definition) is 3. The number of aryl methyl sites for hydroxylation is 1. The first kappa shape index (κ1) is 13.7. The monoisotopic (exact) mass is 301 g/mol. The quantitative estimate of drug-likeness (QED) is 0.760. The molecule has 0 spiro atoms. The Morgan fingerprint density at radius 1 is 1.45 bits per heavy atom. The van der Waals surface area contributed by atoms with Gasteiger partial charge in [0.15, 0.2) is 0 Å². The van der Waals surface area contributed by atoms with Crippen molar-refractivity contribution >= 4 is 11.6 Å². The second-order valence-electron chi connectivity index (χ2n) is 6.52. The lowest BCUT2D eigenvalue weighted by molar-refractivity contribution is -0.0321. The van der Waals surface area contributed by atoms with Crippen LogP contribution >= 0.6 is 0 Å². The lowest BCUT2D eigenvalue weighted by Gasteiger charge is -2.34. The van der Waals surface area contributed by atoms with Gasteiger partial charge in [-0.15, -0.1) is 0 Å². The summed E-state index contributed by atoms with van der Waals surface area (Å²) < 4.78 is 1.76. The van der Waals surface area contributed by atoms with Gasteiger partial charge in [-0.25, -0.2) is 4.98 Å². The van der Waals surface area contributed by atoms with E-state index in [1.54, 1.807) is 17.5 Å². The van der Waals surface area contributed by atoms with Crippen LogP contribution in [0.3, 0.4) is 0 Å². The van der Waals surface area contributed by atoms with Crippen molar-refractivity contribution in [3.8, 4) is 0 Å². The molecule has 0 radical (unpaired) electrons. The fourth-order valence-corrected chi connectivity index (χ4v) is 4.12. The molecule has 3 N–H and O–H groups in total. The van der Waals surface area contributed by atoms with E-state index in [0.29, 0.717) is 24.2 Å². The molecule has 2 heterocycles. The smallest absolute Gasteiger partial charge is 0.270 e. The maximum Gasteiger partial charge on any atom is 0.270 e. The van der Waals surface area contributed by atoms with Crippen LogP contribution in [0, 0.1) is 12.8 Å². The summed E-state index contributed by atoms with van der Waals surface area (Å²) >= 11 is 0. The number of aliphatic hydroxyl groups excluding tert-OH is 2. The lowest BCUT2D eigenvalue weighted by atomic mass is 9.88. The van der Waals surface area contributed by atoms with E-state index < -0.39 is 17.7 Å². The number of fused-ring (bicyclic) bond motifs is 3. The Hall–Kier alpha value is -1.92. The van der Waals surface area contributed by atoms with Crippen LogP contribution < -0.4 is 5.32 Å². The van der Waals surface area contributed by atoms with Crippen molar-refractivity contribution in [3.63, 3.8) is 0 Å². The van der Waals surface area contributed by atoms with Gasteiger partial charge in [-0.1, -0.05) is 6.07 Å². The van der Waals surface area contributed by atoms with E-state index in [-0.39, 0.29) is 11.8 Å². The standard InChI is InChI=1S/C16H19N3O3/c1-9-12(19-7-3-2-4-11(19)17-9)15(22)18-16-6-5-10(8-16)13(20)14(16)21/h2-4,7,10,13-14,20-21H,5-6,8H2,1H3,(H,18,22)/t10?,13-,14-,16?/m0/s1. The van der Waals surface area contributed by atoms with Crippen molar-refractivity contribution in [2.45, 2.75) is 43.9 Å². The number of imidazole rings is 1. The second-order valence-corrected chi connectivity index (χ2v) is 6.52. The summed E-state index contributed by atoms with van der Waals surface area (Å²) in [6.07, 6.45) is 2.35. The molecule has 2 aromatic heterocycles. The van der Waals surface area contributed by atoms with Crippen LogP contribution in [0.2, 0.25) is 0 Å². The van der Waals surface area contributed by atoms with Gasteiger partial charge in [-0.05, 0) is 44.2 Å². The summed E-state index contributed by atoms with van der Waals surface area (Å²) in [6, 6.07) is 5.57. The van der Waals surface area contributed by atoms with Crippen LogP contribution in [0.25, 0.3) is 5.65 Å². The topological polar surface area (TPSA) is 86.9 Å². The van der Waals surface area contributed by atoms with Gasteiger partial charge in [0.2, 0.25) is 0 Å². The van der Waals surface area contributed by atoms with Gasteiger partial charge in [0.1, 0.15) is 17.4 Å². The molecule has 2 aliphatic rings. The van der Waals surface area contributed by atoms with Gasteiger partial charge in [-0.2, -0.15) is 0 Å². The minimum absolute atomic E-state index is 0.0820. The molecule has 2 aliphatic carbocycles. The van der Waals surface area contributed by atoms with Gasteiger partial charge in [0, 0.05) is 6.20 Å². The molecule has 2 aromatic rings. The average molecular weight is 301 g/mol. The number of aromatic nitrogens is 2.